The summed E-state index contributed by atoms with van der Waals surface area (Å²) in [6.07, 6.45) is 70.8. The Bertz CT molecular complexity index is 2030. The third-order valence-electron chi connectivity index (χ3n) is 20.5. The van der Waals surface area contributed by atoms with Gasteiger partial charge in [-0.3, -0.25) is 37.3 Å². The molecule has 0 fully saturated rings. The SMILES string of the molecule is CCCCCCCCCCCCCCCC(=O)O[C@H](COC(=O)CCCCCCCCCCCCC)COP(=O)(O)OC[C@H](O)COP(=O)(O)OC[C@@H](COC(=O)CCCCCCCCCCCCCCCCCCCCC(C)C)OC(=O)CCCCCCCCCCCCCCCCCCCCC(C)C. The van der Waals surface area contributed by atoms with Gasteiger partial charge in [0.05, 0.1) is 26.4 Å². The second-order valence-electron chi connectivity index (χ2n) is 32.2. The summed E-state index contributed by atoms with van der Waals surface area (Å²) in [4.78, 5) is 73.2. The fourth-order valence-electron chi connectivity index (χ4n) is 13.6. The van der Waals surface area contributed by atoms with Gasteiger partial charge in [-0.1, -0.05) is 414 Å². The summed E-state index contributed by atoms with van der Waals surface area (Å²) in [5.41, 5.74) is 0. The lowest BCUT2D eigenvalue weighted by atomic mass is 10.0. The first-order valence-electron chi connectivity index (χ1n) is 45.0. The number of carbonyl (C=O) groups is 4. The molecule has 630 valence electrons. The van der Waals surface area contributed by atoms with Gasteiger partial charge >= 0.3 is 39.5 Å². The highest BCUT2D eigenvalue weighted by Gasteiger charge is 2.30. The number of ether oxygens (including phenoxy) is 4. The monoisotopic (exact) mass is 1550 g/mol. The molecule has 2 unspecified atom stereocenters. The summed E-state index contributed by atoms with van der Waals surface area (Å²) in [5.74, 6) is -0.456. The third kappa shape index (κ3) is 80.1. The minimum atomic E-state index is -4.97. The lowest BCUT2D eigenvalue weighted by molar-refractivity contribution is -0.161. The Hall–Kier alpha value is -1.94. The molecule has 106 heavy (non-hydrogen) atoms. The number of aliphatic hydroxyl groups is 1. The molecule has 0 bridgehead atoms. The molecule has 0 aliphatic carbocycles. The number of aliphatic hydroxyl groups excluding tert-OH is 1. The van der Waals surface area contributed by atoms with E-state index in [2.05, 4.69) is 41.5 Å². The third-order valence-corrected chi connectivity index (χ3v) is 22.4. The summed E-state index contributed by atoms with van der Waals surface area (Å²) in [6.45, 7) is 9.75. The lowest BCUT2D eigenvalue weighted by Crippen LogP contribution is -2.30. The highest BCUT2D eigenvalue weighted by molar-refractivity contribution is 7.47. The molecule has 3 N–H and O–H groups in total. The number of carbonyl (C=O) groups excluding carboxylic acids is 4. The van der Waals surface area contributed by atoms with Crippen LogP contribution in [-0.2, 0) is 65.4 Å². The van der Waals surface area contributed by atoms with Crippen LogP contribution in [0.15, 0.2) is 0 Å². The van der Waals surface area contributed by atoms with Crippen molar-refractivity contribution in [3.63, 3.8) is 0 Å². The molecule has 0 heterocycles. The average Bonchev–Trinajstić information content (AvgIpc) is 0.905. The van der Waals surface area contributed by atoms with E-state index < -0.39 is 97.5 Å². The number of phosphoric acid groups is 2. The number of hydrogen-bond acceptors (Lipinski definition) is 15. The predicted molar refractivity (Wildman–Crippen MR) is 437 cm³/mol. The van der Waals surface area contributed by atoms with Gasteiger partial charge in [0.1, 0.15) is 19.3 Å². The van der Waals surface area contributed by atoms with Gasteiger partial charge < -0.3 is 33.8 Å². The van der Waals surface area contributed by atoms with Crippen molar-refractivity contribution in [1.82, 2.24) is 0 Å². The Balaban J connectivity index is 5.21. The van der Waals surface area contributed by atoms with Crippen LogP contribution < -0.4 is 0 Å². The summed E-state index contributed by atoms with van der Waals surface area (Å²) >= 11 is 0. The standard InChI is InChI=1S/C87H170O17P2/c1-7-9-11-13-15-17-19-32-41-47-53-59-65-71-86(91)103-82(75-97-84(89)69-63-57-51-45-37-18-16-14-12-10-8-2)77-101-105(93,94)99-73-81(88)74-100-106(95,96)102-78-83(104-87(92)72-66-60-54-48-42-36-31-27-23-21-25-29-34-39-44-50-56-62-68-80(5)6)76-98-85(90)70-64-58-52-46-40-35-30-26-22-20-24-28-33-38-43-49-55-61-67-79(3)4/h79-83,88H,7-78H2,1-6H3,(H,93,94)(H,95,96)/t81-,82+,83+/m0/s1. The highest BCUT2D eigenvalue weighted by atomic mass is 31.2. The van der Waals surface area contributed by atoms with Crippen LogP contribution in [0.1, 0.15) is 465 Å². The van der Waals surface area contributed by atoms with Gasteiger partial charge in [-0.15, -0.1) is 0 Å². The van der Waals surface area contributed by atoms with E-state index >= 15 is 0 Å². The number of unbranched alkanes of at least 4 members (excludes halogenated alkanes) is 56. The molecule has 0 amide bonds. The van der Waals surface area contributed by atoms with Crippen molar-refractivity contribution < 1.29 is 80.2 Å². The largest absolute Gasteiger partial charge is 0.472 e. The molecule has 0 aromatic rings. The normalized spacial score (nSPS) is 13.8. The van der Waals surface area contributed by atoms with Crippen molar-refractivity contribution in [2.75, 3.05) is 39.6 Å². The molecule has 0 rings (SSSR count). The predicted octanol–water partition coefficient (Wildman–Crippen LogP) is 26.6. The van der Waals surface area contributed by atoms with Crippen LogP contribution in [0.4, 0.5) is 0 Å². The van der Waals surface area contributed by atoms with E-state index in [1.165, 1.54) is 283 Å². The van der Waals surface area contributed by atoms with Gasteiger partial charge in [-0.2, -0.15) is 0 Å². The summed E-state index contributed by atoms with van der Waals surface area (Å²) < 4.78 is 68.9. The molecule has 0 spiro atoms. The minimum Gasteiger partial charge on any atom is -0.462 e. The van der Waals surface area contributed by atoms with Crippen LogP contribution >= 0.6 is 15.6 Å². The molecular formula is C87H170O17P2. The van der Waals surface area contributed by atoms with E-state index in [1.807, 2.05) is 0 Å². The maximum absolute atomic E-state index is 13.2. The number of hydrogen-bond donors (Lipinski definition) is 3. The van der Waals surface area contributed by atoms with Gasteiger partial charge in [0.25, 0.3) is 0 Å². The van der Waals surface area contributed by atoms with Gasteiger partial charge in [-0.25, -0.2) is 9.13 Å². The van der Waals surface area contributed by atoms with E-state index in [0.29, 0.717) is 25.7 Å². The van der Waals surface area contributed by atoms with Gasteiger partial charge in [0, 0.05) is 25.7 Å². The highest BCUT2D eigenvalue weighted by Crippen LogP contribution is 2.45. The quantitative estimate of drug-likeness (QED) is 0.0222. The molecule has 0 saturated heterocycles. The van der Waals surface area contributed by atoms with Crippen molar-refractivity contribution in [2.45, 2.75) is 484 Å². The molecule has 0 saturated carbocycles. The zero-order chi connectivity index (χ0) is 77.8. The fraction of sp³-hybridized carbons (Fsp3) is 0.954. The first-order valence-corrected chi connectivity index (χ1v) is 48.0. The van der Waals surface area contributed by atoms with Crippen LogP contribution in [0.2, 0.25) is 0 Å². The smallest absolute Gasteiger partial charge is 0.462 e. The number of esters is 4. The van der Waals surface area contributed by atoms with E-state index in [4.69, 9.17) is 37.0 Å². The Kier molecular flexibility index (Phi) is 76.9. The average molecular weight is 1550 g/mol. The van der Waals surface area contributed by atoms with Crippen molar-refractivity contribution in [3.05, 3.63) is 0 Å². The molecule has 0 radical (unpaired) electrons. The molecule has 0 aromatic carbocycles. The maximum atomic E-state index is 13.2. The molecule has 0 aliphatic heterocycles. The zero-order valence-electron chi connectivity index (χ0n) is 69.7. The van der Waals surface area contributed by atoms with Gasteiger partial charge in [0.2, 0.25) is 0 Å². The van der Waals surface area contributed by atoms with Crippen molar-refractivity contribution in [2.24, 2.45) is 11.8 Å². The van der Waals surface area contributed by atoms with Crippen LogP contribution in [0.25, 0.3) is 0 Å². The molecule has 0 aromatic heterocycles. The number of rotatable bonds is 86. The van der Waals surface area contributed by atoms with Gasteiger partial charge in [0.15, 0.2) is 12.2 Å². The van der Waals surface area contributed by atoms with Crippen molar-refractivity contribution in [3.8, 4) is 0 Å². The Morgan fingerprint density at radius 1 is 0.255 bits per heavy atom. The van der Waals surface area contributed by atoms with E-state index in [1.54, 1.807) is 0 Å². The fourth-order valence-corrected chi connectivity index (χ4v) is 15.2. The first-order chi connectivity index (χ1) is 51.4. The van der Waals surface area contributed by atoms with Crippen LogP contribution in [0.5, 0.6) is 0 Å². The molecule has 19 heteroatoms. The number of phosphoric ester groups is 2. The first kappa shape index (κ1) is 104. The molecule has 0 aliphatic rings. The Morgan fingerprint density at radius 2 is 0.434 bits per heavy atom. The lowest BCUT2D eigenvalue weighted by Gasteiger charge is -2.21. The van der Waals surface area contributed by atoms with E-state index in [9.17, 15) is 43.2 Å². The van der Waals surface area contributed by atoms with E-state index in [0.717, 1.165) is 102 Å². The maximum Gasteiger partial charge on any atom is 0.472 e. The Labute approximate surface area is 651 Å². The van der Waals surface area contributed by atoms with Crippen molar-refractivity contribution in [1.29, 1.82) is 0 Å². The summed E-state index contributed by atoms with van der Waals surface area (Å²) in [7, 11) is -9.93. The van der Waals surface area contributed by atoms with Crippen LogP contribution in [-0.4, -0.2) is 96.7 Å². The van der Waals surface area contributed by atoms with E-state index in [-0.39, 0.29) is 25.7 Å². The zero-order valence-corrected chi connectivity index (χ0v) is 71.5. The molecular weight excluding hydrogens is 1380 g/mol. The second-order valence-corrected chi connectivity index (χ2v) is 35.1. The summed E-state index contributed by atoms with van der Waals surface area (Å²) in [5, 5.41) is 10.7. The second kappa shape index (κ2) is 78.3. The molecule has 5 atom stereocenters. The Morgan fingerprint density at radius 3 is 0.642 bits per heavy atom. The van der Waals surface area contributed by atoms with Gasteiger partial charge in [-0.05, 0) is 37.5 Å². The topological polar surface area (TPSA) is 237 Å². The molecule has 17 nitrogen and oxygen atoms in total. The summed E-state index contributed by atoms with van der Waals surface area (Å²) in [6, 6.07) is 0. The van der Waals surface area contributed by atoms with Crippen molar-refractivity contribution >= 4 is 39.5 Å². The van der Waals surface area contributed by atoms with Crippen LogP contribution in [0, 0.1) is 11.8 Å². The minimum absolute atomic E-state index is 0.108. The van der Waals surface area contributed by atoms with Crippen LogP contribution in [0.3, 0.4) is 0 Å².